The summed E-state index contributed by atoms with van der Waals surface area (Å²) in [5, 5.41) is 0. The molecule has 1 saturated carbocycles. The molecule has 2 aromatic carbocycles. The maximum absolute atomic E-state index is 13.7. The molecule has 0 atom stereocenters. The Morgan fingerprint density at radius 3 is 2.38 bits per heavy atom. The maximum atomic E-state index is 13.7. The van der Waals surface area contributed by atoms with Crippen LogP contribution < -0.4 is 10.5 Å². The predicted octanol–water partition coefficient (Wildman–Crippen LogP) is 6.60. The van der Waals surface area contributed by atoms with Gasteiger partial charge in [0.25, 0.3) is 11.5 Å². The molecule has 178 valence electrons. The Bertz CT molecular complexity index is 1210. The first-order valence-electron chi connectivity index (χ1n) is 11.5. The first-order valence-corrected chi connectivity index (χ1v) is 11.5. The molecule has 1 heterocycles. The molecule has 1 aromatic heterocycles. The van der Waals surface area contributed by atoms with Gasteiger partial charge in [-0.3, -0.25) is 9.59 Å². The zero-order valence-corrected chi connectivity index (χ0v) is 19.0. The summed E-state index contributed by atoms with van der Waals surface area (Å²) >= 11 is 0. The van der Waals surface area contributed by atoms with Gasteiger partial charge in [0.1, 0.15) is 5.56 Å². The van der Waals surface area contributed by atoms with Crippen LogP contribution in [0.4, 0.5) is 18.9 Å². The second-order valence-corrected chi connectivity index (χ2v) is 8.88. The number of aromatic nitrogens is 1. The molecule has 0 saturated heterocycles. The van der Waals surface area contributed by atoms with Crippen LogP contribution in [0.25, 0.3) is 11.1 Å². The van der Waals surface area contributed by atoms with Crippen LogP contribution in [0.2, 0.25) is 0 Å². The molecule has 0 unspecified atom stereocenters. The molecule has 4 nitrogen and oxygen atoms in total. The second kappa shape index (κ2) is 9.87. The zero-order valence-electron chi connectivity index (χ0n) is 19.0. The number of carbonyl (C=O) groups is 1. The number of nitrogens with zero attached hydrogens (tertiary/aromatic N) is 1. The Kier molecular flexibility index (Phi) is 6.91. The normalized spacial score (nSPS) is 14.7. The molecule has 1 aliphatic carbocycles. The number of aromatic amines is 1. The Labute approximate surface area is 196 Å². The quantitative estimate of drug-likeness (QED) is 0.459. The van der Waals surface area contributed by atoms with Crippen LogP contribution in [0.5, 0.6) is 0 Å². The largest absolute Gasteiger partial charge is 0.416 e. The van der Waals surface area contributed by atoms with E-state index in [2.05, 4.69) is 4.98 Å². The van der Waals surface area contributed by atoms with E-state index in [1.54, 1.807) is 13.0 Å². The van der Waals surface area contributed by atoms with Gasteiger partial charge in [0.2, 0.25) is 0 Å². The number of alkyl halides is 3. The third-order valence-electron chi connectivity index (χ3n) is 6.45. The van der Waals surface area contributed by atoms with Gasteiger partial charge >= 0.3 is 6.18 Å². The van der Waals surface area contributed by atoms with Gasteiger partial charge in [-0.15, -0.1) is 0 Å². The van der Waals surface area contributed by atoms with E-state index >= 15 is 0 Å². The van der Waals surface area contributed by atoms with Crippen LogP contribution >= 0.6 is 0 Å². The Balaban J connectivity index is 1.77. The van der Waals surface area contributed by atoms with Gasteiger partial charge in [-0.05, 0) is 55.5 Å². The van der Waals surface area contributed by atoms with Crippen LogP contribution in [0.3, 0.4) is 0 Å². The number of amides is 1. The van der Waals surface area contributed by atoms with E-state index in [1.807, 2.05) is 30.3 Å². The molecule has 0 radical (unpaired) electrons. The van der Waals surface area contributed by atoms with E-state index in [-0.39, 0.29) is 23.7 Å². The lowest BCUT2D eigenvalue weighted by atomic mass is 9.88. The third kappa shape index (κ3) is 5.24. The number of anilines is 1. The average Bonchev–Trinajstić information content (AvgIpc) is 2.83. The summed E-state index contributed by atoms with van der Waals surface area (Å²) in [6.07, 6.45) is 0.449. The molecule has 1 amide bonds. The molecule has 0 spiro atoms. The van der Waals surface area contributed by atoms with Crippen molar-refractivity contribution in [2.45, 2.75) is 45.2 Å². The highest BCUT2D eigenvalue weighted by atomic mass is 19.4. The van der Waals surface area contributed by atoms with Gasteiger partial charge in [0.05, 0.1) is 5.56 Å². The summed E-state index contributed by atoms with van der Waals surface area (Å²) in [5.74, 6) is -0.423. The number of pyridine rings is 1. The standard InChI is InChI=1S/C27H27F3N2O2/c1-18-23(20-11-6-3-7-12-20)16-24(25(33)31-18)26(34)32(17-19-9-4-2-5-10-19)22-14-8-13-21(15-22)27(28,29)30/h3,6-8,11-16,19H,2,4-5,9-10,17H2,1H3,(H,31,33). The molecule has 4 rings (SSSR count). The highest BCUT2D eigenvalue weighted by Crippen LogP contribution is 2.33. The van der Waals surface area contributed by atoms with Crippen LogP contribution in [-0.4, -0.2) is 17.4 Å². The number of carbonyl (C=O) groups excluding carboxylic acids is 1. The lowest BCUT2D eigenvalue weighted by molar-refractivity contribution is -0.137. The summed E-state index contributed by atoms with van der Waals surface area (Å²) in [6.45, 7) is 2.03. The average molecular weight is 469 g/mol. The van der Waals surface area contributed by atoms with Gasteiger partial charge in [-0.2, -0.15) is 13.2 Å². The van der Waals surface area contributed by atoms with Crippen molar-refractivity contribution in [2.75, 3.05) is 11.4 Å². The van der Waals surface area contributed by atoms with E-state index < -0.39 is 23.2 Å². The number of hydrogen-bond donors (Lipinski definition) is 1. The molecular weight excluding hydrogens is 441 g/mol. The highest BCUT2D eigenvalue weighted by molar-refractivity contribution is 6.06. The van der Waals surface area contributed by atoms with Gasteiger partial charge in [-0.1, -0.05) is 55.7 Å². The van der Waals surface area contributed by atoms with Crippen molar-refractivity contribution in [1.82, 2.24) is 4.98 Å². The minimum atomic E-state index is -4.53. The molecular formula is C27H27F3N2O2. The molecule has 1 fully saturated rings. The van der Waals surface area contributed by atoms with Gasteiger partial charge in [0, 0.05) is 23.5 Å². The highest BCUT2D eigenvalue weighted by Gasteiger charge is 2.32. The molecule has 0 bridgehead atoms. The van der Waals surface area contributed by atoms with Crippen LogP contribution in [0.1, 0.15) is 53.7 Å². The summed E-state index contributed by atoms with van der Waals surface area (Å²) in [5.41, 5.74) is 0.834. The van der Waals surface area contributed by atoms with Gasteiger partial charge < -0.3 is 9.88 Å². The fraction of sp³-hybridized carbons (Fsp3) is 0.333. The summed E-state index contributed by atoms with van der Waals surface area (Å²) < 4.78 is 40.2. The summed E-state index contributed by atoms with van der Waals surface area (Å²) in [7, 11) is 0. The van der Waals surface area contributed by atoms with E-state index in [1.165, 1.54) is 17.0 Å². The lowest BCUT2D eigenvalue weighted by Gasteiger charge is -2.30. The molecule has 1 aliphatic rings. The smallest absolute Gasteiger partial charge is 0.325 e. The fourth-order valence-corrected chi connectivity index (χ4v) is 4.63. The Morgan fingerprint density at radius 1 is 1.00 bits per heavy atom. The number of nitrogens with one attached hydrogen (secondary N) is 1. The number of benzene rings is 2. The molecule has 3 aromatic rings. The van der Waals surface area contributed by atoms with Crippen molar-refractivity contribution in [3.63, 3.8) is 0 Å². The number of aryl methyl sites for hydroxylation is 1. The predicted molar refractivity (Wildman–Crippen MR) is 127 cm³/mol. The van der Waals surface area contributed by atoms with Gasteiger partial charge in [-0.25, -0.2) is 0 Å². The van der Waals surface area contributed by atoms with E-state index in [0.29, 0.717) is 11.3 Å². The topological polar surface area (TPSA) is 53.2 Å². The Hall–Kier alpha value is -3.35. The molecule has 1 N–H and O–H groups in total. The Morgan fingerprint density at radius 2 is 1.71 bits per heavy atom. The number of H-pyrrole nitrogens is 1. The lowest BCUT2D eigenvalue weighted by Crippen LogP contribution is -2.39. The van der Waals surface area contributed by atoms with Crippen LogP contribution in [-0.2, 0) is 6.18 Å². The first kappa shape index (κ1) is 23.8. The second-order valence-electron chi connectivity index (χ2n) is 8.88. The van der Waals surface area contributed by atoms with E-state index in [9.17, 15) is 22.8 Å². The first-order chi connectivity index (χ1) is 16.2. The minimum Gasteiger partial charge on any atom is -0.325 e. The van der Waals surface area contributed by atoms with Crippen LogP contribution in [0, 0.1) is 12.8 Å². The van der Waals surface area contributed by atoms with Crippen molar-refractivity contribution < 1.29 is 18.0 Å². The van der Waals surface area contributed by atoms with E-state index in [0.717, 1.165) is 49.8 Å². The number of rotatable bonds is 5. The minimum absolute atomic E-state index is 0.0855. The van der Waals surface area contributed by atoms with Crippen LogP contribution in [0.15, 0.2) is 65.5 Å². The monoisotopic (exact) mass is 468 g/mol. The SMILES string of the molecule is Cc1[nH]c(=O)c(C(=O)N(CC2CCCCC2)c2cccc(C(F)(F)F)c2)cc1-c1ccccc1. The van der Waals surface area contributed by atoms with Gasteiger partial charge in [0.15, 0.2) is 0 Å². The molecule has 7 heteroatoms. The van der Waals surface area contributed by atoms with Crippen molar-refractivity contribution in [1.29, 1.82) is 0 Å². The fourth-order valence-electron chi connectivity index (χ4n) is 4.63. The summed E-state index contributed by atoms with van der Waals surface area (Å²) in [4.78, 5) is 30.7. The number of halogens is 3. The summed E-state index contributed by atoms with van der Waals surface area (Å²) in [6, 6.07) is 15.7. The van der Waals surface area contributed by atoms with Crippen molar-refractivity contribution in [3.8, 4) is 11.1 Å². The van der Waals surface area contributed by atoms with E-state index in [4.69, 9.17) is 0 Å². The molecule has 34 heavy (non-hydrogen) atoms. The van der Waals surface area contributed by atoms with Crippen molar-refractivity contribution >= 4 is 11.6 Å². The third-order valence-corrected chi connectivity index (χ3v) is 6.45. The maximum Gasteiger partial charge on any atom is 0.416 e. The number of hydrogen-bond acceptors (Lipinski definition) is 2. The van der Waals surface area contributed by atoms with Crippen molar-refractivity contribution in [3.05, 3.63) is 87.8 Å². The van der Waals surface area contributed by atoms with Crippen molar-refractivity contribution in [2.24, 2.45) is 5.92 Å². The zero-order chi connectivity index (χ0) is 24.3. The molecule has 0 aliphatic heterocycles.